The topological polar surface area (TPSA) is 77.0 Å². The number of alkyl halides is 3. The van der Waals surface area contributed by atoms with Crippen LogP contribution in [-0.2, 0) is 12.6 Å². The van der Waals surface area contributed by atoms with Crippen molar-refractivity contribution in [3.63, 3.8) is 0 Å². The van der Waals surface area contributed by atoms with Gasteiger partial charge in [-0.05, 0) is 24.8 Å². The van der Waals surface area contributed by atoms with E-state index < -0.39 is 11.7 Å². The number of nitrogens with two attached hydrogens (primary N) is 1. The number of anilines is 2. The lowest BCUT2D eigenvalue weighted by atomic mass is 9.74. The van der Waals surface area contributed by atoms with Crippen LogP contribution in [-0.4, -0.2) is 9.97 Å². The second-order valence-corrected chi connectivity index (χ2v) is 6.97. The average molecular weight is 340 g/mol. The van der Waals surface area contributed by atoms with Crippen LogP contribution in [0.15, 0.2) is 16.7 Å². The Labute approximate surface area is 137 Å². The molecule has 3 N–H and O–H groups in total. The van der Waals surface area contributed by atoms with Gasteiger partial charge < -0.3 is 15.5 Å². The number of nitrogens with one attached hydrogen (secondary N) is 1. The minimum Gasteiger partial charge on any atom is -0.466 e. The Balaban J connectivity index is 2.01. The Hall–Kier alpha value is -2.25. The zero-order chi connectivity index (χ0) is 17.7. The van der Waals surface area contributed by atoms with Crippen molar-refractivity contribution < 1.29 is 17.6 Å². The van der Waals surface area contributed by atoms with Crippen molar-refractivity contribution in [2.45, 2.75) is 45.8 Å². The Morgan fingerprint density at radius 1 is 1.38 bits per heavy atom. The van der Waals surface area contributed by atoms with Crippen LogP contribution in [0.5, 0.6) is 0 Å². The van der Waals surface area contributed by atoms with Crippen LogP contribution in [0.2, 0.25) is 0 Å². The van der Waals surface area contributed by atoms with Crippen molar-refractivity contribution in [2.75, 3.05) is 11.1 Å². The summed E-state index contributed by atoms with van der Waals surface area (Å²) in [5, 5.41) is 2.91. The third-order valence-electron chi connectivity index (χ3n) is 4.16. The molecule has 1 atom stereocenters. The Kier molecular flexibility index (Phi) is 3.73. The van der Waals surface area contributed by atoms with Gasteiger partial charge in [-0.25, -0.2) is 4.98 Å². The van der Waals surface area contributed by atoms with Gasteiger partial charge in [-0.15, -0.1) is 0 Å². The molecular formula is C16H19F3N4O. The lowest BCUT2D eigenvalue weighted by Gasteiger charge is -2.35. The second-order valence-electron chi connectivity index (χ2n) is 6.97. The third-order valence-corrected chi connectivity index (χ3v) is 4.16. The molecule has 0 saturated carbocycles. The molecule has 0 radical (unpaired) electrons. The van der Waals surface area contributed by atoms with Gasteiger partial charge in [0.1, 0.15) is 22.9 Å². The number of halogens is 3. The van der Waals surface area contributed by atoms with Crippen LogP contribution < -0.4 is 11.1 Å². The zero-order valence-electron chi connectivity index (χ0n) is 13.7. The Morgan fingerprint density at radius 3 is 2.75 bits per heavy atom. The largest absolute Gasteiger partial charge is 0.466 e. The van der Waals surface area contributed by atoms with E-state index in [1.807, 2.05) is 13.0 Å². The first-order chi connectivity index (χ1) is 11.0. The zero-order valence-corrected chi connectivity index (χ0v) is 13.7. The standard InChI is InChI=1S/C16H19F3N4O/c1-8-4-9-11(5-15(2,3)6-12(9)24-8)22-13-10(16(17,18)19)7-21-14(20)23-13/h4,7,11H,5-6H2,1-3H3,(H3,20,21,22,23). The summed E-state index contributed by atoms with van der Waals surface area (Å²) in [7, 11) is 0. The van der Waals surface area contributed by atoms with E-state index in [2.05, 4.69) is 29.1 Å². The van der Waals surface area contributed by atoms with E-state index in [-0.39, 0.29) is 23.2 Å². The predicted molar refractivity (Wildman–Crippen MR) is 83.4 cm³/mol. The van der Waals surface area contributed by atoms with E-state index in [1.54, 1.807) is 0 Å². The maximum Gasteiger partial charge on any atom is 0.421 e. The summed E-state index contributed by atoms with van der Waals surface area (Å²) in [5.74, 6) is 1.03. The summed E-state index contributed by atoms with van der Waals surface area (Å²) in [6.45, 7) is 5.94. The van der Waals surface area contributed by atoms with E-state index in [9.17, 15) is 13.2 Å². The molecule has 2 aromatic heterocycles. The van der Waals surface area contributed by atoms with Crippen LogP contribution in [0.25, 0.3) is 0 Å². The molecule has 3 rings (SSSR count). The Bertz CT molecular complexity index is 767. The molecular weight excluding hydrogens is 321 g/mol. The fraction of sp³-hybridized carbons (Fsp3) is 0.500. The van der Waals surface area contributed by atoms with Crippen LogP contribution in [0.4, 0.5) is 24.9 Å². The third kappa shape index (κ3) is 3.18. The number of nitrogens with zero attached hydrogens (tertiary/aromatic N) is 2. The first kappa shape index (κ1) is 16.6. The van der Waals surface area contributed by atoms with Gasteiger partial charge in [0.05, 0.1) is 6.04 Å². The van der Waals surface area contributed by atoms with Crippen LogP contribution in [0.1, 0.15) is 49.0 Å². The van der Waals surface area contributed by atoms with Crippen molar-refractivity contribution in [2.24, 2.45) is 5.41 Å². The highest BCUT2D eigenvalue weighted by atomic mass is 19.4. The molecule has 5 nitrogen and oxygen atoms in total. The fourth-order valence-electron chi connectivity index (χ4n) is 3.19. The lowest BCUT2D eigenvalue weighted by molar-refractivity contribution is -0.137. The van der Waals surface area contributed by atoms with E-state index in [1.165, 1.54) is 0 Å². The van der Waals surface area contributed by atoms with Gasteiger partial charge in [-0.2, -0.15) is 18.2 Å². The highest BCUT2D eigenvalue weighted by Gasteiger charge is 2.39. The molecule has 1 aliphatic rings. The van der Waals surface area contributed by atoms with Gasteiger partial charge in [-0.1, -0.05) is 13.8 Å². The van der Waals surface area contributed by atoms with Gasteiger partial charge in [0.2, 0.25) is 5.95 Å². The first-order valence-electron chi connectivity index (χ1n) is 7.61. The smallest absolute Gasteiger partial charge is 0.421 e. The number of aromatic nitrogens is 2. The molecule has 24 heavy (non-hydrogen) atoms. The van der Waals surface area contributed by atoms with Crippen molar-refractivity contribution in [3.05, 3.63) is 34.9 Å². The molecule has 0 bridgehead atoms. The molecule has 130 valence electrons. The van der Waals surface area contributed by atoms with Crippen molar-refractivity contribution >= 4 is 11.8 Å². The SMILES string of the molecule is Cc1cc2c(o1)CC(C)(C)CC2Nc1nc(N)ncc1C(F)(F)F. The molecule has 0 aromatic carbocycles. The van der Waals surface area contributed by atoms with Crippen molar-refractivity contribution in [3.8, 4) is 0 Å². The number of hydrogen-bond donors (Lipinski definition) is 2. The van der Waals surface area contributed by atoms with Gasteiger partial charge in [0.25, 0.3) is 0 Å². The van der Waals surface area contributed by atoms with Crippen molar-refractivity contribution in [1.29, 1.82) is 0 Å². The van der Waals surface area contributed by atoms with E-state index in [4.69, 9.17) is 10.2 Å². The van der Waals surface area contributed by atoms with Gasteiger partial charge in [0, 0.05) is 18.2 Å². The second kappa shape index (κ2) is 5.39. The lowest BCUT2D eigenvalue weighted by Crippen LogP contribution is -2.29. The highest BCUT2D eigenvalue weighted by molar-refractivity contribution is 5.50. The maximum atomic E-state index is 13.2. The summed E-state index contributed by atoms with van der Waals surface area (Å²) < 4.78 is 45.3. The van der Waals surface area contributed by atoms with Crippen LogP contribution in [0.3, 0.4) is 0 Å². The molecule has 0 spiro atoms. The van der Waals surface area contributed by atoms with Crippen LogP contribution >= 0.6 is 0 Å². The van der Waals surface area contributed by atoms with Gasteiger partial charge in [-0.3, -0.25) is 0 Å². The summed E-state index contributed by atoms with van der Waals surface area (Å²) in [6.07, 6.45) is -2.46. The van der Waals surface area contributed by atoms with Gasteiger partial charge >= 0.3 is 6.18 Å². The minimum atomic E-state index is -4.56. The summed E-state index contributed by atoms with van der Waals surface area (Å²) in [4.78, 5) is 7.23. The molecule has 2 aromatic rings. The number of rotatable bonds is 2. The summed E-state index contributed by atoms with van der Waals surface area (Å²) >= 11 is 0. The molecule has 0 amide bonds. The summed E-state index contributed by atoms with van der Waals surface area (Å²) in [6, 6.07) is 1.52. The molecule has 0 aliphatic heterocycles. The number of furan rings is 1. The normalized spacial score (nSPS) is 19.8. The molecule has 2 heterocycles. The molecule has 1 aliphatic carbocycles. The fourth-order valence-corrected chi connectivity index (χ4v) is 3.19. The van der Waals surface area contributed by atoms with Crippen molar-refractivity contribution in [1.82, 2.24) is 9.97 Å². The maximum absolute atomic E-state index is 13.2. The van der Waals surface area contributed by atoms with E-state index in [0.717, 1.165) is 23.5 Å². The number of aryl methyl sites for hydroxylation is 1. The average Bonchev–Trinajstić information content (AvgIpc) is 2.76. The molecule has 0 fully saturated rings. The summed E-state index contributed by atoms with van der Waals surface area (Å²) in [5.41, 5.74) is 5.32. The van der Waals surface area contributed by atoms with Gasteiger partial charge in [0.15, 0.2) is 0 Å². The molecule has 1 unspecified atom stereocenters. The van der Waals surface area contributed by atoms with E-state index in [0.29, 0.717) is 12.6 Å². The number of hydrogen-bond acceptors (Lipinski definition) is 5. The first-order valence-corrected chi connectivity index (χ1v) is 7.61. The van der Waals surface area contributed by atoms with E-state index >= 15 is 0 Å². The number of fused-ring (bicyclic) bond motifs is 1. The quantitative estimate of drug-likeness (QED) is 0.860. The molecule has 8 heteroatoms. The van der Waals surface area contributed by atoms with Crippen LogP contribution in [0, 0.1) is 12.3 Å². The monoisotopic (exact) mass is 340 g/mol. The number of nitrogen functional groups attached to an aromatic ring is 1. The molecule has 0 saturated heterocycles. The Morgan fingerprint density at radius 2 is 2.08 bits per heavy atom. The highest BCUT2D eigenvalue weighted by Crippen LogP contribution is 2.44. The minimum absolute atomic E-state index is 0.105. The predicted octanol–water partition coefficient (Wildman–Crippen LogP) is 4.10.